The van der Waals surface area contributed by atoms with Crippen LogP contribution in [0.15, 0.2) is 24.3 Å². The summed E-state index contributed by atoms with van der Waals surface area (Å²) >= 11 is 0. The van der Waals surface area contributed by atoms with Crippen molar-refractivity contribution in [2.75, 3.05) is 6.54 Å². The van der Waals surface area contributed by atoms with Gasteiger partial charge in [0, 0.05) is 6.04 Å². The highest BCUT2D eigenvalue weighted by molar-refractivity contribution is 5.21. The maximum atomic E-state index is 3.74. The van der Waals surface area contributed by atoms with Crippen LogP contribution in [-0.2, 0) is 6.42 Å². The average molecular weight is 245 g/mol. The monoisotopic (exact) mass is 245 g/mol. The van der Waals surface area contributed by atoms with Crippen molar-refractivity contribution in [1.82, 2.24) is 5.32 Å². The van der Waals surface area contributed by atoms with Crippen molar-refractivity contribution >= 4 is 0 Å². The summed E-state index contributed by atoms with van der Waals surface area (Å²) in [6.07, 6.45) is 11.0. The third-order valence-corrected chi connectivity index (χ3v) is 4.05. The summed E-state index contributed by atoms with van der Waals surface area (Å²) in [5, 5.41) is 3.74. The largest absolute Gasteiger partial charge is 0.314 e. The number of benzene rings is 1. The summed E-state index contributed by atoms with van der Waals surface area (Å²) < 4.78 is 0. The lowest BCUT2D eigenvalue weighted by Crippen LogP contribution is -2.29. The lowest BCUT2D eigenvalue weighted by molar-refractivity contribution is 0.456. The Morgan fingerprint density at radius 1 is 1.00 bits per heavy atom. The Kier molecular flexibility index (Phi) is 5.73. The zero-order valence-corrected chi connectivity index (χ0v) is 11.8. The van der Waals surface area contributed by atoms with Crippen LogP contribution in [0.4, 0.5) is 0 Å². The Bertz CT molecular complexity index is 320. The topological polar surface area (TPSA) is 12.0 Å². The number of aryl methyl sites for hydroxylation is 2. The van der Waals surface area contributed by atoms with Crippen molar-refractivity contribution in [3.05, 3.63) is 35.4 Å². The Morgan fingerprint density at radius 3 is 2.33 bits per heavy atom. The molecule has 1 nitrogen and oxygen atoms in total. The number of nitrogens with one attached hydrogen (secondary N) is 1. The van der Waals surface area contributed by atoms with Crippen molar-refractivity contribution in [3.8, 4) is 0 Å². The molecule has 0 spiro atoms. The fraction of sp³-hybridized carbons (Fsp3) is 0.647. The van der Waals surface area contributed by atoms with Crippen molar-refractivity contribution in [1.29, 1.82) is 0 Å². The van der Waals surface area contributed by atoms with Crippen LogP contribution in [0.25, 0.3) is 0 Å². The first-order chi connectivity index (χ1) is 8.84. The van der Waals surface area contributed by atoms with E-state index in [-0.39, 0.29) is 0 Å². The quantitative estimate of drug-likeness (QED) is 0.604. The molecule has 0 unspecified atom stereocenters. The molecule has 0 heterocycles. The molecule has 1 saturated carbocycles. The normalized spacial score (nSPS) is 17.6. The number of rotatable bonds is 5. The standard InChI is InChI=1S/C17H27N/c1-15-10-12-16(13-11-15)7-6-14-18-17-8-4-2-3-5-9-17/h10-13,17-18H,2-9,14H2,1H3. The second-order valence-electron chi connectivity index (χ2n) is 5.73. The highest BCUT2D eigenvalue weighted by Gasteiger charge is 2.10. The fourth-order valence-electron chi connectivity index (χ4n) is 2.84. The SMILES string of the molecule is Cc1ccc(CCCNC2CCCCCC2)cc1. The van der Waals surface area contributed by atoms with Crippen LogP contribution in [0.3, 0.4) is 0 Å². The van der Waals surface area contributed by atoms with Crippen LogP contribution in [0.2, 0.25) is 0 Å². The van der Waals surface area contributed by atoms with Gasteiger partial charge in [0.2, 0.25) is 0 Å². The number of hydrogen-bond acceptors (Lipinski definition) is 1. The molecule has 100 valence electrons. The molecule has 0 aromatic heterocycles. The van der Waals surface area contributed by atoms with Crippen molar-refractivity contribution in [2.24, 2.45) is 0 Å². The van der Waals surface area contributed by atoms with E-state index in [1.165, 1.54) is 69.0 Å². The molecule has 1 heteroatoms. The molecular weight excluding hydrogens is 218 g/mol. The minimum Gasteiger partial charge on any atom is -0.314 e. The van der Waals surface area contributed by atoms with Crippen molar-refractivity contribution in [3.63, 3.8) is 0 Å². The molecule has 1 aliphatic rings. The van der Waals surface area contributed by atoms with Crippen LogP contribution in [0.5, 0.6) is 0 Å². The summed E-state index contributed by atoms with van der Waals surface area (Å²) in [5.74, 6) is 0. The molecule has 0 radical (unpaired) electrons. The van der Waals surface area contributed by atoms with E-state index in [0.29, 0.717) is 0 Å². The third kappa shape index (κ3) is 4.81. The van der Waals surface area contributed by atoms with Crippen molar-refractivity contribution < 1.29 is 0 Å². The van der Waals surface area contributed by atoms with Crippen LogP contribution in [-0.4, -0.2) is 12.6 Å². The summed E-state index contributed by atoms with van der Waals surface area (Å²) in [6.45, 7) is 3.33. The molecule has 0 bridgehead atoms. The highest BCUT2D eigenvalue weighted by atomic mass is 14.9. The molecular formula is C17H27N. The second-order valence-corrected chi connectivity index (χ2v) is 5.73. The lowest BCUT2D eigenvalue weighted by Gasteiger charge is -2.15. The molecule has 0 aliphatic heterocycles. The van der Waals surface area contributed by atoms with Gasteiger partial charge >= 0.3 is 0 Å². The molecule has 0 saturated heterocycles. The zero-order chi connectivity index (χ0) is 12.6. The average Bonchev–Trinajstić information content (AvgIpc) is 2.65. The third-order valence-electron chi connectivity index (χ3n) is 4.05. The van der Waals surface area contributed by atoms with E-state index in [4.69, 9.17) is 0 Å². The minimum atomic E-state index is 0.797. The molecule has 1 fully saturated rings. The first-order valence-corrected chi connectivity index (χ1v) is 7.63. The van der Waals surface area contributed by atoms with Crippen LogP contribution >= 0.6 is 0 Å². The lowest BCUT2D eigenvalue weighted by atomic mass is 10.1. The van der Waals surface area contributed by atoms with E-state index in [0.717, 1.165) is 6.04 Å². The van der Waals surface area contributed by atoms with Gasteiger partial charge in [-0.3, -0.25) is 0 Å². The van der Waals surface area contributed by atoms with Gasteiger partial charge in [-0.25, -0.2) is 0 Å². The first kappa shape index (κ1) is 13.6. The Labute approximate surface area is 112 Å². The summed E-state index contributed by atoms with van der Waals surface area (Å²) in [4.78, 5) is 0. The van der Waals surface area contributed by atoms with Crippen LogP contribution in [0, 0.1) is 6.92 Å². The van der Waals surface area contributed by atoms with E-state index < -0.39 is 0 Å². The fourth-order valence-corrected chi connectivity index (χ4v) is 2.84. The molecule has 1 aromatic rings. The van der Waals surface area contributed by atoms with Gasteiger partial charge in [0.25, 0.3) is 0 Å². The van der Waals surface area contributed by atoms with E-state index in [2.05, 4.69) is 36.5 Å². The predicted octanol–water partition coefficient (Wildman–Crippen LogP) is 4.24. The minimum absolute atomic E-state index is 0.797. The van der Waals surface area contributed by atoms with Gasteiger partial charge < -0.3 is 5.32 Å². The van der Waals surface area contributed by atoms with E-state index >= 15 is 0 Å². The maximum absolute atomic E-state index is 3.74. The molecule has 1 N–H and O–H groups in total. The van der Waals surface area contributed by atoms with Gasteiger partial charge in [0.05, 0.1) is 0 Å². The molecule has 0 amide bonds. The predicted molar refractivity (Wildman–Crippen MR) is 79.0 cm³/mol. The van der Waals surface area contributed by atoms with Crippen LogP contribution in [0.1, 0.15) is 56.1 Å². The zero-order valence-electron chi connectivity index (χ0n) is 11.8. The molecule has 1 aliphatic carbocycles. The van der Waals surface area contributed by atoms with E-state index in [9.17, 15) is 0 Å². The maximum Gasteiger partial charge on any atom is 0.00670 e. The van der Waals surface area contributed by atoms with Crippen LogP contribution < -0.4 is 5.32 Å². The molecule has 0 atom stereocenters. The van der Waals surface area contributed by atoms with Gasteiger partial charge in [-0.15, -0.1) is 0 Å². The van der Waals surface area contributed by atoms with E-state index in [1.807, 2.05) is 0 Å². The Morgan fingerprint density at radius 2 is 1.67 bits per heavy atom. The number of hydrogen-bond donors (Lipinski definition) is 1. The Hall–Kier alpha value is -0.820. The summed E-state index contributed by atoms with van der Waals surface area (Å²) in [5.41, 5.74) is 2.83. The Balaban J connectivity index is 1.61. The van der Waals surface area contributed by atoms with Gasteiger partial charge in [-0.1, -0.05) is 55.5 Å². The summed E-state index contributed by atoms with van der Waals surface area (Å²) in [6, 6.07) is 9.76. The summed E-state index contributed by atoms with van der Waals surface area (Å²) in [7, 11) is 0. The molecule has 1 aromatic carbocycles. The first-order valence-electron chi connectivity index (χ1n) is 7.63. The smallest absolute Gasteiger partial charge is 0.00670 e. The van der Waals surface area contributed by atoms with Crippen molar-refractivity contribution in [2.45, 2.75) is 64.3 Å². The van der Waals surface area contributed by atoms with E-state index in [1.54, 1.807) is 0 Å². The highest BCUT2D eigenvalue weighted by Crippen LogP contribution is 2.17. The van der Waals surface area contributed by atoms with Gasteiger partial charge in [-0.2, -0.15) is 0 Å². The van der Waals surface area contributed by atoms with Gasteiger partial charge in [0.1, 0.15) is 0 Å². The van der Waals surface area contributed by atoms with Gasteiger partial charge in [-0.05, 0) is 44.7 Å². The molecule has 18 heavy (non-hydrogen) atoms. The van der Waals surface area contributed by atoms with Gasteiger partial charge in [0.15, 0.2) is 0 Å². The molecule has 2 rings (SSSR count). The second kappa shape index (κ2) is 7.58.